The highest BCUT2D eigenvalue weighted by Gasteiger charge is 2.06. The minimum Gasteiger partial charge on any atom is -0.236 e. The van der Waals surface area contributed by atoms with Crippen LogP contribution in [0.4, 0.5) is 0 Å². The average molecular weight is 157 g/mol. The summed E-state index contributed by atoms with van der Waals surface area (Å²) in [5.41, 5.74) is 0.886. The van der Waals surface area contributed by atoms with Gasteiger partial charge in [-0.2, -0.15) is 0 Å². The van der Waals surface area contributed by atoms with Crippen LogP contribution in [0, 0.1) is 6.92 Å². The van der Waals surface area contributed by atoms with E-state index < -0.39 is 0 Å². The Bertz CT molecular complexity index is 229. The van der Waals surface area contributed by atoms with Crippen molar-refractivity contribution in [3.05, 3.63) is 5.69 Å². The summed E-state index contributed by atoms with van der Waals surface area (Å²) < 4.78 is 1.79. The quantitative estimate of drug-likeness (QED) is 0.625. The van der Waals surface area contributed by atoms with E-state index in [1.165, 1.54) is 0 Å². The molecule has 0 spiro atoms. The summed E-state index contributed by atoms with van der Waals surface area (Å²) in [5.74, 6) is 0. The molecule has 0 N–H and O–H groups in total. The molecule has 10 heavy (non-hydrogen) atoms. The minimum atomic E-state index is 0.341. The smallest absolute Gasteiger partial charge is 0.115 e. The number of nitrogens with zero attached hydrogens (tertiary/aromatic N) is 3. The van der Waals surface area contributed by atoms with Crippen LogP contribution >= 0.6 is 12.6 Å². The van der Waals surface area contributed by atoms with Crippen molar-refractivity contribution in [2.24, 2.45) is 0 Å². The van der Waals surface area contributed by atoms with Crippen molar-refractivity contribution in [1.82, 2.24) is 15.0 Å². The molecule has 0 bridgehead atoms. The normalized spacial score (nSPS) is 10.9. The number of aromatic nitrogens is 3. The van der Waals surface area contributed by atoms with E-state index >= 15 is 0 Å². The Hall–Kier alpha value is -0.510. The van der Waals surface area contributed by atoms with Crippen molar-refractivity contribution in [3.8, 4) is 0 Å². The van der Waals surface area contributed by atoms with E-state index in [0.717, 1.165) is 10.7 Å². The first kappa shape index (κ1) is 7.60. The molecule has 0 amide bonds. The molecule has 0 radical (unpaired) electrons. The second-order valence-electron chi connectivity index (χ2n) is 2.54. The number of hydrogen-bond donors (Lipinski definition) is 1. The molecule has 4 heteroatoms. The Morgan fingerprint density at radius 3 is 2.30 bits per heavy atom. The molecule has 0 aliphatic rings. The first-order chi connectivity index (χ1) is 4.63. The Morgan fingerprint density at radius 2 is 2.10 bits per heavy atom. The summed E-state index contributed by atoms with van der Waals surface area (Å²) in [6.45, 7) is 6.00. The molecule has 1 aromatic rings. The molecule has 1 heterocycles. The third-order valence-electron chi connectivity index (χ3n) is 1.32. The van der Waals surface area contributed by atoms with Gasteiger partial charge in [0.15, 0.2) is 0 Å². The summed E-state index contributed by atoms with van der Waals surface area (Å²) in [5, 5.41) is 8.64. The number of rotatable bonds is 1. The van der Waals surface area contributed by atoms with Crippen molar-refractivity contribution >= 4 is 12.6 Å². The van der Waals surface area contributed by atoms with E-state index in [-0.39, 0.29) is 0 Å². The Morgan fingerprint density at radius 1 is 1.50 bits per heavy atom. The van der Waals surface area contributed by atoms with Crippen LogP contribution in [0.1, 0.15) is 25.6 Å². The van der Waals surface area contributed by atoms with Crippen LogP contribution in [0.15, 0.2) is 5.03 Å². The molecule has 0 aliphatic heterocycles. The Labute approximate surface area is 65.8 Å². The van der Waals surface area contributed by atoms with E-state index in [4.69, 9.17) is 0 Å². The average Bonchev–Trinajstić information content (AvgIpc) is 2.14. The molecule has 0 aromatic carbocycles. The van der Waals surface area contributed by atoms with Crippen LogP contribution in [-0.2, 0) is 0 Å². The lowest BCUT2D eigenvalue weighted by atomic mass is 10.4. The summed E-state index contributed by atoms with van der Waals surface area (Å²) in [7, 11) is 0. The fourth-order valence-electron chi connectivity index (χ4n) is 0.716. The minimum absolute atomic E-state index is 0.341. The predicted octanol–water partition coefficient (Wildman–Crippen LogP) is 1.46. The van der Waals surface area contributed by atoms with Gasteiger partial charge in [0.05, 0.1) is 5.69 Å². The van der Waals surface area contributed by atoms with Crippen LogP contribution in [0.25, 0.3) is 0 Å². The van der Waals surface area contributed by atoms with Gasteiger partial charge >= 0.3 is 0 Å². The number of thiol groups is 1. The largest absolute Gasteiger partial charge is 0.236 e. The summed E-state index contributed by atoms with van der Waals surface area (Å²) >= 11 is 4.24. The van der Waals surface area contributed by atoms with E-state index in [0.29, 0.717) is 6.04 Å². The van der Waals surface area contributed by atoms with Crippen LogP contribution in [-0.4, -0.2) is 15.0 Å². The number of aryl methyl sites for hydroxylation is 1. The third-order valence-corrected chi connectivity index (χ3v) is 1.85. The molecule has 0 fully saturated rings. The highest BCUT2D eigenvalue weighted by Crippen LogP contribution is 2.13. The van der Waals surface area contributed by atoms with Gasteiger partial charge in [-0.1, -0.05) is 5.21 Å². The van der Waals surface area contributed by atoms with Crippen LogP contribution in [0.3, 0.4) is 0 Å². The molecular formula is C6H11N3S. The van der Waals surface area contributed by atoms with Crippen molar-refractivity contribution in [1.29, 1.82) is 0 Å². The van der Waals surface area contributed by atoms with E-state index in [1.54, 1.807) is 4.68 Å². The lowest BCUT2D eigenvalue weighted by Crippen LogP contribution is -2.03. The molecular weight excluding hydrogens is 146 g/mol. The lowest BCUT2D eigenvalue weighted by Gasteiger charge is -2.04. The van der Waals surface area contributed by atoms with Crippen molar-refractivity contribution in [3.63, 3.8) is 0 Å². The zero-order valence-corrected chi connectivity index (χ0v) is 7.26. The van der Waals surface area contributed by atoms with E-state index in [9.17, 15) is 0 Å². The summed E-state index contributed by atoms with van der Waals surface area (Å²) in [6, 6.07) is 0.341. The van der Waals surface area contributed by atoms with Gasteiger partial charge in [-0.3, -0.25) is 0 Å². The molecule has 0 aliphatic carbocycles. The maximum Gasteiger partial charge on any atom is 0.115 e. The zero-order valence-electron chi connectivity index (χ0n) is 6.37. The van der Waals surface area contributed by atoms with Gasteiger partial charge in [0.1, 0.15) is 5.03 Å². The van der Waals surface area contributed by atoms with Gasteiger partial charge in [0.2, 0.25) is 0 Å². The SMILES string of the molecule is Cc1nnn(C(C)C)c1S. The molecule has 1 rings (SSSR count). The first-order valence-corrected chi connectivity index (χ1v) is 3.68. The Kier molecular flexibility index (Phi) is 1.99. The van der Waals surface area contributed by atoms with Gasteiger partial charge in [-0.15, -0.1) is 17.7 Å². The van der Waals surface area contributed by atoms with Gasteiger partial charge in [0, 0.05) is 6.04 Å². The van der Waals surface area contributed by atoms with Crippen molar-refractivity contribution in [2.45, 2.75) is 31.8 Å². The third kappa shape index (κ3) is 1.16. The molecule has 0 atom stereocenters. The molecule has 0 saturated heterocycles. The highest BCUT2D eigenvalue weighted by molar-refractivity contribution is 7.80. The van der Waals surface area contributed by atoms with Gasteiger partial charge in [-0.25, -0.2) is 4.68 Å². The monoisotopic (exact) mass is 157 g/mol. The van der Waals surface area contributed by atoms with Gasteiger partial charge < -0.3 is 0 Å². The second-order valence-corrected chi connectivity index (χ2v) is 2.96. The first-order valence-electron chi connectivity index (χ1n) is 3.23. The molecule has 0 unspecified atom stereocenters. The molecule has 1 aromatic heterocycles. The fourth-order valence-corrected chi connectivity index (χ4v) is 1.03. The van der Waals surface area contributed by atoms with Gasteiger partial charge in [0.25, 0.3) is 0 Å². The second kappa shape index (κ2) is 2.62. The van der Waals surface area contributed by atoms with Gasteiger partial charge in [-0.05, 0) is 20.8 Å². The van der Waals surface area contributed by atoms with E-state index in [1.807, 2.05) is 20.8 Å². The zero-order chi connectivity index (χ0) is 7.72. The lowest BCUT2D eigenvalue weighted by molar-refractivity contribution is 0.479. The molecule has 56 valence electrons. The number of hydrogen-bond acceptors (Lipinski definition) is 3. The summed E-state index contributed by atoms with van der Waals surface area (Å²) in [6.07, 6.45) is 0. The maximum absolute atomic E-state index is 4.24. The van der Waals surface area contributed by atoms with Crippen molar-refractivity contribution < 1.29 is 0 Å². The van der Waals surface area contributed by atoms with E-state index in [2.05, 4.69) is 22.9 Å². The summed E-state index contributed by atoms with van der Waals surface area (Å²) in [4.78, 5) is 0. The standard InChI is InChI=1S/C6H11N3S/c1-4(2)9-6(10)5(3)7-8-9/h4,10H,1-3H3. The van der Waals surface area contributed by atoms with Crippen molar-refractivity contribution in [2.75, 3.05) is 0 Å². The molecule has 3 nitrogen and oxygen atoms in total. The molecule has 0 saturated carbocycles. The topological polar surface area (TPSA) is 30.7 Å². The Balaban J connectivity index is 3.05. The van der Waals surface area contributed by atoms with Crippen LogP contribution in [0.5, 0.6) is 0 Å². The predicted molar refractivity (Wildman–Crippen MR) is 42.4 cm³/mol. The maximum atomic E-state index is 4.24. The van der Waals surface area contributed by atoms with Crippen LogP contribution < -0.4 is 0 Å². The van der Waals surface area contributed by atoms with Crippen LogP contribution in [0.2, 0.25) is 0 Å². The fraction of sp³-hybridized carbons (Fsp3) is 0.667. The highest BCUT2D eigenvalue weighted by atomic mass is 32.1.